The van der Waals surface area contributed by atoms with Crippen LogP contribution in [-0.2, 0) is 6.61 Å². The number of halogens is 1. The van der Waals surface area contributed by atoms with E-state index >= 15 is 0 Å². The molecule has 0 saturated carbocycles. The standard InChI is InChI=1S/C19H20FN3O2/c1-13(2)16-5-4-15(11-17(16)20)25-12-14-6-8-21-18(10-14)23-9-7-19(22-23)24-3/h4-11,13H,12H2,1-3H3. The summed E-state index contributed by atoms with van der Waals surface area (Å²) in [6.45, 7) is 4.23. The van der Waals surface area contributed by atoms with Gasteiger partial charge in [-0.2, -0.15) is 0 Å². The van der Waals surface area contributed by atoms with Crippen LogP contribution in [0, 0.1) is 5.82 Å². The zero-order valence-electron chi connectivity index (χ0n) is 14.4. The molecule has 2 aromatic heterocycles. The van der Waals surface area contributed by atoms with Crippen molar-refractivity contribution in [3.05, 3.63) is 65.7 Å². The molecule has 0 aliphatic carbocycles. The van der Waals surface area contributed by atoms with Crippen LogP contribution in [0.4, 0.5) is 4.39 Å². The van der Waals surface area contributed by atoms with Gasteiger partial charge in [0.2, 0.25) is 5.88 Å². The maximum atomic E-state index is 14.0. The highest BCUT2D eigenvalue weighted by atomic mass is 19.1. The van der Waals surface area contributed by atoms with Crippen LogP contribution in [0.3, 0.4) is 0 Å². The van der Waals surface area contributed by atoms with Gasteiger partial charge in [-0.05, 0) is 35.2 Å². The fourth-order valence-electron chi connectivity index (χ4n) is 2.45. The third kappa shape index (κ3) is 3.96. The average molecular weight is 341 g/mol. The SMILES string of the molecule is COc1ccn(-c2cc(COc3ccc(C(C)C)c(F)c3)ccn2)n1. The lowest BCUT2D eigenvalue weighted by atomic mass is 10.0. The van der Waals surface area contributed by atoms with Gasteiger partial charge in [0.15, 0.2) is 5.82 Å². The molecule has 0 bridgehead atoms. The molecule has 0 aliphatic heterocycles. The number of hydrogen-bond acceptors (Lipinski definition) is 4. The van der Waals surface area contributed by atoms with Crippen LogP contribution < -0.4 is 9.47 Å². The number of nitrogens with zero attached hydrogens (tertiary/aromatic N) is 3. The second kappa shape index (κ2) is 7.34. The molecule has 25 heavy (non-hydrogen) atoms. The van der Waals surface area contributed by atoms with Gasteiger partial charge < -0.3 is 9.47 Å². The number of pyridine rings is 1. The van der Waals surface area contributed by atoms with E-state index in [0.717, 1.165) is 5.56 Å². The van der Waals surface area contributed by atoms with Crippen LogP contribution in [0.1, 0.15) is 30.9 Å². The van der Waals surface area contributed by atoms with Gasteiger partial charge in [-0.3, -0.25) is 0 Å². The molecule has 0 atom stereocenters. The Bertz CT molecular complexity index is 861. The molecule has 0 fully saturated rings. The average Bonchev–Trinajstić information content (AvgIpc) is 3.09. The molecule has 0 amide bonds. The molecule has 0 saturated heterocycles. The number of methoxy groups -OCH3 is 1. The largest absolute Gasteiger partial charge is 0.489 e. The minimum atomic E-state index is -0.244. The summed E-state index contributed by atoms with van der Waals surface area (Å²) in [4.78, 5) is 4.29. The van der Waals surface area contributed by atoms with Gasteiger partial charge in [0.1, 0.15) is 18.2 Å². The first-order valence-electron chi connectivity index (χ1n) is 8.04. The molecular formula is C19H20FN3O2. The molecule has 5 nitrogen and oxygen atoms in total. The van der Waals surface area contributed by atoms with E-state index in [1.165, 1.54) is 6.07 Å². The topological polar surface area (TPSA) is 49.2 Å². The number of aromatic nitrogens is 3. The van der Waals surface area contributed by atoms with Crippen LogP contribution in [-0.4, -0.2) is 21.9 Å². The lowest BCUT2D eigenvalue weighted by Crippen LogP contribution is -2.02. The molecular weight excluding hydrogens is 321 g/mol. The molecule has 6 heteroatoms. The predicted molar refractivity (Wildman–Crippen MR) is 92.7 cm³/mol. The van der Waals surface area contributed by atoms with E-state index in [2.05, 4.69) is 10.1 Å². The highest BCUT2D eigenvalue weighted by Gasteiger charge is 2.08. The molecule has 3 rings (SSSR count). The van der Waals surface area contributed by atoms with Gasteiger partial charge in [-0.1, -0.05) is 19.9 Å². The van der Waals surface area contributed by atoms with E-state index in [0.29, 0.717) is 29.6 Å². The maximum absolute atomic E-state index is 14.0. The summed E-state index contributed by atoms with van der Waals surface area (Å²) in [6.07, 6.45) is 3.45. The number of benzene rings is 1. The van der Waals surface area contributed by atoms with Gasteiger partial charge in [0.25, 0.3) is 0 Å². The van der Waals surface area contributed by atoms with Crippen molar-refractivity contribution in [2.75, 3.05) is 7.11 Å². The Hall–Kier alpha value is -2.89. The second-order valence-electron chi connectivity index (χ2n) is 5.95. The Kier molecular flexibility index (Phi) is 4.97. The van der Waals surface area contributed by atoms with Crippen molar-refractivity contribution in [3.8, 4) is 17.4 Å². The van der Waals surface area contributed by atoms with E-state index in [1.807, 2.05) is 26.0 Å². The van der Waals surface area contributed by atoms with Crippen LogP contribution in [0.2, 0.25) is 0 Å². The molecule has 0 N–H and O–H groups in total. The Morgan fingerprint density at radius 2 is 2.00 bits per heavy atom. The Morgan fingerprint density at radius 3 is 2.68 bits per heavy atom. The third-order valence-electron chi connectivity index (χ3n) is 3.82. The molecule has 130 valence electrons. The summed E-state index contributed by atoms with van der Waals surface area (Å²) < 4.78 is 26.4. The first-order chi connectivity index (χ1) is 12.1. The van der Waals surface area contributed by atoms with Crippen LogP contribution >= 0.6 is 0 Å². The minimum Gasteiger partial charge on any atom is -0.489 e. The highest BCUT2D eigenvalue weighted by molar-refractivity contribution is 5.32. The van der Waals surface area contributed by atoms with Gasteiger partial charge in [0, 0.05) is 24.5 Å². The van der Waals surface area contributed by atoms with Gasteiger partial charge in [-0.25, -0.2) is 14.1 Å². The zero-order valence-corrected chi connectivity index (χ0v) is 14.4. The summed E-state index contributed by atoms with van der Waals surface area (Å²) in [5.74, 6) is 1.57. The van der Waals surface area contributed by atoms with E-state index in [4.69, 9.17) is 9.47 Å². The maximum Gasteiger partial charge on any atom is 0.232 e. The lowest BCUT2D eigenvalue weighted by Gasteiger charge is -2.11. The van der Waals surface area contributed by atoms with E-state index in [1.54, 1.807) is 42.4 Å². The smallest absolute Gasteiger partial charge is 0.232 e. The number of rotatable bonds is 6. The van der Waals surface area contributed by atoms with Crippen molar-refractivity contribution in [3.63, 3.8) is 0 Å². The number of ether oxygens (including phenoxy) is 2. The van der Waals surface area contributed by atoms with Crippen molar-refractivity contribution in [2.45, 2.75) is 26.4 Å². The Balaban J connectivity index is 1.71. The first kappa shape index (κ1) is 17.0. The molecule has 0 radical (unpaired) electrons. The predicted octanol–water partition coefficient (Wildman–Crippen LogP) is 4.12. The summed E-state index contributed by atoms with van der Waals surface area (Å²) >= 11 is 0. The first-order valence-corrected chi connectivity index (χ1v) is 8.04. The Labute approximate surface area is 146 Å². The molecule has 3 aromatic rings. The highest BCUT2D eigenvalue weighted by Crippen LogP contribution is 2.23. The van der Waals surface area contributed by atoms with Gasteiger partial charge in [0.05, 0.1) is 7.11 Å². The van der Waals surface area contributed by atoms with E-state index < -0.39 is 0 Å². The van der Waals surface area contributed by atoms with Crippen molar-refractivity contribution in [2.24, 2.45) is 0 Å². The normalized spacial score (nSPS) is 10.9. The molecule has 2 heterocycles. The van der Waals surface area contributed by atoms with Crippen molar-refractivity contribution in [1.29, 1.82) is 0 Å². The summed E-state index contributed by atoms with van der Waals surface area (Å²) in [5, 5.41) is 4.24. The Morgan fingerprint density at radius 1 is 1.16 bits per heavy atom. The fourth-order valence-corrected chi connectivity index (χ4v) is 2.45. The van der Waals surface area contributed by atoms with Crippen molar-refractivity contribution in [1.82, 2.24) is 14.8 Å². The van der Waals surface area contributed by atoms with E-state index in [-0.39, 0.29) is 11.7 Å². The molecule has 0 unspecified atom stereocenters. The molecule has 1 aromatic carbocycles. The van der Waals surface area contributed by atoms with Crippen molar-refractivity contribution < 1.29 is 13.9 Å². The fraction of sp³-hybridized carbons (Fsp3) is 0.263. The minimum absolute atomic E-state index is 0.142. The molecule has 0 aliphatic rings. The van der Waals surface area contributed by atoms with E-state index in [9.17, 15) is 4.39 Å². The zero-order chi connectivity index (χ0) is 17.8. The summed E-state index contributed by atoms with van der Waals surface area (Å²) in [6, 6.07) is 10.5. The van der Waals surface area contributed by atoms with Gasteiger partial charge >= 0.3 is 0 Å². The summed E-state index contributed by atoms with van der Waals surface area (Å²) in [5.41, 5.74) is 1.60. The van der Waals surface area contributed by atoms with Crippen LogP contribution in [0.15, 0.2) is 48.8 Å². The van der Waals surface area contributed by atoms with Crippen LogP contribution in [0.25, 0.3) is 5.82 Å². The van der Waals surface area contributed by atoms with Crippen LogP contribution in [0.5, 0.6) is 11.6 Å². The third-order valence-corrected chi connectivity index (χ3v) is 3.82. The quantitative estimate of drug-likeness (QED) is 0.677. The number of hydrogen-bond donors (Lipinski definition) is 0. The second-order valence-corrected chi connectivity index (χ2v) is 5.95. The monoisotopic (exact) mass is 341 g/mol. The van der Waals surface area contributed by atoms with Gasteiger partial charge in [-0.15, -0.1) is 5.10 Å². The lowest BCUT2D eigenvalue weighted by molar-refractivity contribution is 0.304. The molecule has 0 spiro atoms. The summed E-state index contributed by atoms with van der Waals surface area (Å²) in [7, 11) is 1.56. The van der Waals surface area contributed by atoms with Crippen molar-refractivity contribution >= 4 is 0 Å².